The van der Waals surface area contributed by atoms with Crippen LogP contribution in [0.4, 0.5) is 0 Å². The summed E-state index contributed by atoms with van der Waals surface area (Å²) in [5, 5.41) is 2.92. The Morgan fingerprint density at radius 2 is 1.15 bits per heavy atom. The van der Waals surface area contributed by atoms with Crippen LogP contribution in [-0.4, -0.2) is 75.8 Å². The fourth-order valence-electron chi connectivity index (χ4n) is 2.86. The van der Waals surface area contributed by atoms with Gasteiger partial charge < -0.3 is 24.3 Å². The van der Waals surface area contributed by atoms with Crippen LogP contribution in [0.25, 0.3) is 0 Å². The zero-order valence-electron chi connectivity index (χ0n) is 22.8. The van der Waals surface area contributed by atoms with E-state index in [1.807, 2.05) is 0 Å². The zero-order valence-corrected chi connectivity index (χ0v) is 23.7. The number of carbonyl (C=O) groups is 1. The number of hydrogen-bond acceptors (Lipinski definition) is 6. The quantitative estimate of drug-likeness (QED) is 0.206. The van der Waals surface area contributed by atoms with Gasteiger partial charge in [-0.3, -0.25) is 4.79 Å². The molecule has 0 saturated carbocycles. The Morgan fingerprint density at radius 1 is 0.697 bits per heavy atom. The molecule has 0 saturated heterocycles. The number of rotatable bonds is 22. The highest BCUT2D eigenvalue weighted by molar-refractivity contribution is 8.01. The summed E-state index contributed by atoms with van der Waals surface area (Å²) in [5.41, 5.74) is 0.579. The standard InChI is InChI=1S/C26H53NO5S/c1-9-24(4,5)25(6,7)33-22-23(28)27-13-15-30-17-19-32-21-20-31-18-16-29-14-12-26(8,10-2)11-3/h9-22H2,1-8H3,(H,27,28). The van der Waals surface area contributed by atoms with Crippen molar-refractivity contribution in [2.24, 2.45) is 10.8 Å². The lowest BCUT2D eigenvalue weighted by Crippen LogP contribution is -2.38. The van der Waals surface area contributed by atoms with Gasteiger partial charge in [-0.2, -0.15) is 0 Å². The van der Waals surface area contributed by atoms with E-state index in [0.29, 0.717) is 64.0 Å². The van der Waals surface area contributed by atoms with Crippen molar-refractivity contribution in [2.45, 2.75) is 85.8 Å². The maximum atomic E-state index is 12.1. The second-order valence-electron chi connectivity index (χ2n) is 10.1. The van der Waals surface area contributed by atoms with Crippen LogP contribution >= 0.6 is 11.8 Å². The minimum absolute atomic E-state index is 0.0507. The molecule has 0 aliphatic heterocycles. The molecule has 0 rings (SSSR count). The maximum Gasteiger partial charge on any atom is 0.230 e. The molecule has 1 N–H and O–H groups in total. The van der Waals surface area contributed by atoms with Crippen LogP contribution in [0.3, 0.4) is 0 Å². The van der Waals surface area contributed by atoms with Gasteiger partial charge >= 0.3 is 0 Å². The number of amides is 1. The van der Waals surface area contributed by atoms with Crippen molar-refractivity contribution < 1.29 is 23.7 Å². The van der Waals surface area contributed by atoms with E-state index in [0.717, 1.165) is 19.4 Å². The van der Waals surface area contributed by atoms with Crippen molar-refractivity contribution in [2.75, 3.05) is 65.2 Å². The second-order valence-corrected chi connectivity index (χ2v) is 11.7. The molecule has 0 aliphatic carbocycles. The fourth-order valence-corrected chi connectivity index (χ4v) is 3.99. The summed E-state index contributed by atoms with van der Waals surface area (Å²) in [5.74, 6) is 0.534. The lowest BCUT2D eigenvalue weighted by Gasteiger charge is -2.40. The van der Waals surface area contributed by atoms with E-state index in [9.17, 15) is 4.79 Å². The van der Waals surface area contributed by atoms with Gasteiger partial charge in [0.05, 0.1) is 52.0 Å². The molecule has 0 unspecified atom stereocenters. The molecule has 0 aromatic heterocycles. The second kappa shape index (κ2) is 18.0. The highest BCUT2D eigenvalue weighted by atomic mass is 32.2. The Labute approximate surface area is 208 Å². The van der Waals surface area contributed by atoms with E-state index < -0.39 is 0 Å². The van der Waals surface area contributed by atoms with E-state index in [1.54, 1.807) is 11.8 Å². The lowest BCUT2D eigenvalue weighted by molar-refractivity contribution is -0.118. The third-order valence-corrected chi connectivity index (χ3v) is 9.00. The maximum absolute atomic E-state index is 12.1. The molecule has 0 aliphatic rings. The predicted octanol–water partition coefficient (Wildman–Crippen LogP) is 5.33. The monoisotopic (exact) mass is 491 g/mol. The Kier molecular flexibility index (Phi) is 17.8. The van der Waals surface area contributed by atoms with Gasteiger partial charge in [-0.1, -0.05) is 68.2 Å². The molecule has 0 atom stereocenters. The first-order valence-corrected chi connectivity index (χ1v) is 13.7. The van der Waals surface area contributed by atoms with Gasteiger partial charge in [-0.25, -0.2) is 0 Å². The fraction of sp³-hybridized carbons (Fsp3) is 0.962. The SMILES string of the molecule is CCC(C)(CC)CCOCCOCCOCCOCCNC(=O)CSC(C)(C)C(C)(C)CC. The van der Waals surface area contributed by atoms with Crippen molar-refractivity contribution in [1.29, 1.82) is 0 Å². The van der Waals surface area contributed by atoms with E-state index >= 15 is 0 Å². The Balaban J connectivity index is 3.47. The molecule has 198 valence electrons. The first-order valence-electron chi connectivity index (χ1n) is 12.7. The Bertz CT molecular complexity index is 495. The van der Waals surface area contributed by atoms with Crippen LogP contribution in [0, 0.1) is 10.8 Å². The van der Waals surface area contributed by atoms with Crippen LogP contribution < -0.4 is 5.32 Å². The summed E-state index contributed by atoms with van der Waals surface area (Å²) in [6, 6.07) is 0. The average Bonchev–Trinajstić information content (AvgIpc) is 2.79. The van der Waals surface area contributed by atoms with Crippen LogP contribution in [0.1, 0.15) is 81.1 Å². The first kappa shape index (κ1) is 32.7. The van der Waals surface area contributed by atoms with Crippen LogP contribution in [-0.2, 0) is 23.7 Å². The van der Waals surface area contributed by atoms with Crippen molar-refractivity contribution in [3.63, 3.8) is 0 Å². The summed E-state index contributed by atoms with van der Waals surface area (Å²) in [7, 11) is 0. The molecule has 0 bridgehead atoms. The van der Waals surface area contributed by atoms with Crippen molar-refractivity contribution in [3.8, 4) is 0 Å². The number of nitrogens with one attached hydrogen (secondary N) is 1. The highest BCUT2D eigenvalue weighted by Gasteiger charge is 2.36. The Morgan fingerprint density at radius 3 is 1.61 bits per heavy atom. The van der Waals surface area contributed by atoms with Gasteiger partial charge in [0.15, 0.2) is 0 Å². The minimum atomic E-state index is 0.0507. The molecule has 0 heterocycles. The van der Waals surface area contributed by atoms with Gasteiger partial charge in [-0.05, 0) is 23.7 Å². The van der Waals surface area contributed by atoms with Gasteiger partial charge in [0.25, 0.3) is 0 Å². The Hall–Kier alpha value is -0.340. The number of ether oxygens (including phenoxy) is 4. The zero-order chi connectivity index (χ0) is 25.2. The van der Waals surface area contributed by atoms with Crippen LogP contribution in [0.2, 0.25) is 0 Å². The highest BCUT2D eigenvalue weighted by Crippen LogP contribution is 2.43. The third kappa shape index (κ3) is 15.3. The van der Waals surface area contributed by atoms with Gasteiger partial charge in [0.1, 0.15) is 0 Å². The van der Waals surface area contributed by atoms with Crippen molar-refractivity contribution in [1.82, 2.24) is 5.32 Å². The molecule has 7 heteroatoms. The van der Waals surface area contributed by atoms with E-state index in [1.165, 1.54) is 12.8 Å². The largest absolute Gasteiger partial charge is 0.379 e. The summed E-state index contributed by atoms with van der Waals surface area (Å²) < 4.78 is 22.3. The predicted molar refractivity (Wildman–Crippen MR) is 140 cm³/mol. The van der Waals surface area contributed by atoms with Gasteiger partial charge in [0, 0.05) is 17.9 Å². The number of carbonyl (C=O) groups excluding carboxylic acids is 1. The smallest absolute Gasteiger partial charge is 0.230 e. The van der Waals surface area contributed by atoms with E-state index in [-0.39, 0.29) is 16.1 Å². The molecule has 0 radical (unpaired) electrons. The molecule has 0 aromatic rings. The van der Waals surface area contributed by atoms with Crippen molar-refractivity contribution >= 4 is 17.7 Å². The summed E-state index contributed by atoms with van der Waals surface area (Å²) in [6.45, 7) is 23.1. The van der Waals surface area contributed by atoms with E-state index in [4.69, 9.17) is 18.9 Å². The summed E-state index contributed by atoms with van der Waals surface area (Å²) >= 11 is 1.71. The first-order chi connectivity index (χ1) is 15.5. The molecule has 33 heavy (non-hydrogen) atoms. The molecule has 1 amide bonds. The molecule has 6 nitrogen and oxygen atoms in total. The average molecular weight is 492 g/mol. The number of hydrogen-bond donors (Lipinski definition) is 1. The van der Waals surface area contributed by atoms with Gasteiger partial charge in [0.2, 0.25) is 5.91 Å². The third-order valence-electron chi connectivity index (χ3n) is 7.32. The molecular weight excluding hydrogens is 438 g/mol. The number of thioether (sulfide) groups is 1. The lowest BCUT2D eigenvalue weighted by atomic mass is 9.78. The van der Waals surface area contributed by atoms with Crippen LogP contribution in [0.15, 0.2) is 0 Å². The molecule has 0 spiro atoms. The van der Waals surface area contributed by atoms with E-state index in [2.05, 4.69) is 60.7 Å². The molecule has 0 fully saturated rings. The summed E-state index contributed by atoms with van der Waals surface area (Å²) in [4.78, 5) is 12.1. The topological polar surface area (TPSA) is 66.0 Å². The van der Waals surface area contributed by atoms with Gasteiger partial charge in [-0.15, -0.1) is 11.8 Å². The molecule has 0 aromatic carbocycles. The van der Waals surface area contributed by atoms with Crippen molar-refractivity contribution in [3.05, 3.63) is 0 Å². The summed E-state index contributed by atoms with van der Waals surface area (Å²) in [6.07, 6.45) is 4.56. The van der Waals surface area contributed by atoms with Crippen LogP contribution in [0.5, 0.6) is 0 Å². The normalized spacial score (nSPS) is 12.8. The molecular formula is C26H53NO5S. The minimum Gasteiger partial charge on any atom is -0.379 e.